The third-order valence-electron chi connectivity index (χ3n) is 2.19. The van der Waals surface area contributed by atoms with Gasteiger partial charge in [-0.3, -0.25) is 4.98 Å². The van der Waals surface area contributed by atoms with Gasteiger partial charge in [-0.1, -0.05) is 20.8 Å². The largest absolute Gasteiger partial charge is 0.261 e. The third kappa shape index (κ3) is 1.84. The van der Waals surface area contributed by atoms with Crippen LogP contribution >= 0.6 is 0 Å². The van der Waals surface area contributed by atoms with E-state index in [1.54, 1.807) is 0 Å². The van der Waals surface area contributed by atoms with Gasteiger partial charge in [-0.15, -0.1) is 0 Å². The smallest absolute Gasteiger partial charge is 0.0403 e. The van der Waals surface area contributed by atoms with Crippen LogP contribution in [-0.4, -0.2) is 4.98 Å². The van der Waals surface area contributed by atoms with Crippen LogP contribution in [0, 0.1) is 6.92 Å². The maximum atomic E-state index is 4.34. The molecule has 0 aliphatic heterocycles. The van der Waals surface area contributed by atoms with E-state index in [0.717, 1.165) is 6.42 Å². The van der Waals surface area contributed by atoms with Gasteiger partial charge in [0.05, 0.1) is 0 Å². The maximum absolute atomic E-state index is 4.34. The van der Waals surface area contributed by atoms with Crippen LogP contribution in [0.25, 0.3) is 0 Å². The lowest BCUT2D eigenvalue weighted by molar-refractivity contribution is 0.842. The predicted octanol–water partition coefficient (Wildman–Crippen LogP) is 3.08. The summed E-state index contributed by atoms with van der Waals surface area (Å²) in [5, 5.41) is 0. The summed E-state index contributed by atoms with van der Waals surface area (Å²) >= 11 is 0. The second-order valence-corrected chi connectivity index (χ2v) is 3.54. The van der Waals surface area contributed by atoms with Crippen molar-refractivity contribution < 1.29 is 0 Å². The van der Waals surface area contributed by atoms with Crippen LogP contribution in [0.5, 0.6) is 0 Å². The van der Waals surface area contributed by atoms with Crippen molar-refractivity contribution in [3.05, 3.63) is 29.1 Å². The quantitative estimate of drug-likeness (QED) is 0.653. The Balaban J connectivity index is 3.08. The zero-order valence-electron chi connectivity index (χ0n) is 8.39. The second kappa shape index (κ2) is 3.70. The van der Waals surface area contributed by atoms with E-state index < -0.39 is 0 Å². The first-order valence-corrected chi connectivity index (χ1v) is 4.60. The molecule has 0 unspecified atom stereocenters. The summed E-state index contributed by atoms with van der Waals surface area (Å²) in [6, 6.07) is 2.22. The van der Waals surface area contributed by atoms with Crippen molar-refractivity contribution in [1.82, 2.24) is 4.98 Å². The summed E-state index contributed by atoms with van der Waals surface area (Å²) in [4.78, 5) is 4.34. The molecular weight excluding hydrogens is 146 g/mol. The SMILES string of the molecule is CCc1cc(C(C)C)c(C)cn1. The Morgan fingerprint density at radius 1 is 1.42 bits per heavy atom. The number of aromatic nitrogens is 1. The van der Waals surface area contributed by atoms with Gasteiger partial charge in [0.15, 0.2) is 0 Å². The van der Waals surface area contributed by atoms with Crippen LogP contribution in [0.4, 0.5) is 0 Å². The van der Waals surface area contributed by atoms with Crippen molar-refractivity contribution in [3.8, 4) is 0 Å². The van der Waals surface area contributed by atoms with E-state index in [9.17, 15) is 0 Å². The fraction of sp³-hybridized carbons (Fsp3) is 0.545. The Hall–Kier alpha value is -0.850. The molecule has 0 saturated carbocycles. The lowest BCUT2D eigenvalue weighted by atomic mass is 9.99. The fourth-order valence-corrected chi connectivity index (χ4v) is 1.40. The number of nitrogens with zero attached hydrogens (tertiary/aromatic N) is 1. The zero-order chi connectivity index (χ0) is 9.14. The molecule has 0 saturated heterocycles. The zero-order valence-corrected chi connectivity index (χ0v) is 8.39. The minimum absolute atomic E-state index is 0.610. The molecule has 0 aliphatic carbocycles. The van der Waals surface area contributed by atoms with Crippen molar-refractivity contribution in [3.63, 3.8) is 0 Å². The van der Waals surface area contributed by atoms with Crippen molar-refractivity contribution in [2.75, 3.05) is 0 Å². The monoisotopic (exact) mass is 163 g/mol. The molecule has 0 aliphatic rings. The highest BCUT2D eigenvalue weighted by atomic mass is 14.7. The highest BCUT2D eigenvalue weighted by Gasteiger charge is 2.03. The standard InChI is InChI=1S/C11H17N/c1-5-10-6-11(8(2)3)9(4)7-12-10/h6-8H,5H2,1-4H3. The van der Waals surface area contributed by atoms with Gasteiger partial charge < -0.3 is 0 Å². The van der Waals surface area contributed by atoms with Crippen LogP contribution in [0.3, 0.4) is 0 Å². The lowest BCUT2D eigenvalue weighted by Crippen LogP contribution is -1.96. The van der Waals surface area contributed by atoms with Gasteiger partial charge in [0.25, 0.3) is 0 Å². The molecule has 12 heavy (non-hydrogen) atoms. The van der Waals surface area contributed by atoms with Crippen LogP contribution in [0.1, 0.15) is 43.5 Å². The first-order chi connectivity index (χ1) is 5.65. The Bertz CT molecular complexity index is 264. The molecule has 0 radical (unpaired) electrons. The van der Waals surface area contributed by atoms with E-state index in [0.29, 0.717) is 5.92 Å². The van der Waals surface area contributed by atoms with Gasteiger partial charge in [-0.25, -0.2) is 0 Å². The van der Waals surface area contributed by atoms with E-state index in [2.05, 4.69) is 38.7 Å². The Kier molecular flexibility index (Phi) is 2.85. The lowest BCUT2D eigenvalue weighted by Gasteiger charge is -2.10. The molecule has 0 fully saturated rings. The topological polar surface area (TPSA) is 12.9 Å². The third-order valence-corrected chi connectivity index (χ3v) is 2.19. The van der Waals surface area contributed by atoms with E-state index in [1.807, 2.05) is 6.20 Å². The molecule has 1 nitrogen and oxygen atoms in total. The number of rotatable bonds is 2. The molecule has 1 aromatic rings. The van der Waals surface area contributed by atoms with Crippen molar-refractivity contribution in [2.24, 2.45) is 0 Å². The minimum atomic E-state index is 0.610. The van der Waals surface area contributed by atoms with E-state index in [1.165, 1.54) is 16.8 Å². The molecule has 0 amide bonds. The van der Waals surface area contributed by atoms with Gasteiger partial charge >= 0.3 is 0 Å². The summed E-state index contributed by atoms with van der Waals surface area (Å²) in [6.45, 7) is 8.72. The Labute approximate surface area is 74.8 Å². The summed E-state index contributed by atoms with van der Waals surface area (Å²) in [6.07, 6.45) is 3.01. The summed E-state index contributed by atoms with van der Waals surface area (Å²) < 4.78 is 0. The number of hydrogen-bond acceptors (Lipinski definition) is 1. The molecule has 1 rings (SSSR count). The average Bonchev–Trinajstić information content (AvgIpc) is 2.05. The first-order valence-electron chi connectivity index (χ1n) is 4.60. The number of aryl methyl sites for hydroxylation is 2. The van der Waals surface area contributed by atoms with Crippen LogP contribution < -0.4 is 0 Å². The van der Waals surface area contributed by atoms with E-state index in [4.69, 9.17) is 0 Å². The fourth-order valence-electron chi connectivity index (χ4n) is 1.40. The second-order valence-electron chi connectivity index (χ2n) is 3.54. The van der Waals surface area contributed by atoms with Crippen molar-refractivity contribution >= 4 is 0 Å². The van der Waals surface area contributed by atoms with Gasteiger partial charge in [0, 0.05) is 11.9 Å². The molecular formula is C11H17N. The van der Waals surface area contributed by atoms with E-state index >= 15 is 0 Å². The maximum Gasteiger partial charge on any atom is 0.0403 e. The van der Waals surface area contributed by atoms with Gasteiger partial charge in [0.2, 0.25) is 0 Å². The normalized spacial score (nSPS) is 10.8. The van der Waals surface area contributed by atoms with Crippen LogP contribution in [0.15, 0.2) is 12.3 Å². The van der Waals surface area contributed by atoms with E-state index in [-0.39, 0.29) is 0 Å². The Morgan fingerprint density at radius 2 is 2.08 bits per heavy atom. The molecule has 1 aromatic heterocycles. The molecule has 1 heterocycles. The van der Waals surface area contributed by atoms with Gasteiger partial charge in [0.1, 0.15) is 0 Å². The van der Waals surface area contributed by atoms with Crippen molar-refractivity contribution in [2.45, 2.75) is 40.0 Å². The molecule has 66 valence electrons. The molecule has 0 atom stereocenters. The molecule has 0 bridgehead atoms. The predicted molar refractivity (Wildman–Crippen MR) is 52.4 cm³/mol. The molecule has 0 N–H and O–H groups in total. The molecule has 1 heteroatoms. The minimum Gasteiger partial charge on any atom is -0.261 e. The summed E-state index contributed by atoms with van der Waals surface area (Å²) in [5.74, 6) is 0.610. The summed E-state index contributed by atoms with van der Waals surface area (Å²) in [5.41, 5.74) is 3.94. The first kappa shape index (κ1) is 9.24. The van der Waals surface area contributed by atoms with Gasteiger partial charge in [-0.05, 0) is 36.5 Å². The molecule has 0 spiro atoms. The highest BCUT2D eigenvalue weighted by molar-refractivity contribution is 5.28. The Morgan fingerprint density at radius 3 is 2.58 bits per heavy atom. The molecule has 0 aromatic carbocycles. The van der Waals surface area contributed by atoms with Crippen molar-refractivity contribution in [1.29, 1.82) is 0 Å². The van der Waals surface area contributed by atoms with Crippen LogP contribution in [0.2, 0.25) is 0 Å². The summed E-state index contributed by atoms with van der Waals surface area (Å²) in [7, 11) is 0. The van der Waals surface area contributed by atoms with Gasteiger partial charge in [-0.2, -0.15) is 0 Å². The average molecular weight is 163 g/mol. The van der Waals surface area contributed by atoms with Crippen LogP contribution in [-0.2, 0) is 6.42 Å². The highest BCUT2D eigenvalue weighted by Crippen LogP contribution is 2.18. The number of pyridine rings is 1. The number of hydrogen-bond donors (Lipinski definition) is 0.